The lowest BCUT2D eigenvalue weighted by Crippen LogP contribution is -2.36. The maximum Gasteiger partial charge on any atom is 0.322 e. The second-order valence-corrected chi connectivity index (χ2v) is 6.43. The van der Waals surface area contributed by atoms with Crippen LogP contribution in [0.25, 0.3) is 0 Å². The van der Waals surface area contributed by atoms with Crippen LogP contribution in [0.1, 0.15) is 18.9 Å². The van der Waals surface area contributed by atoms with E-state index in [1.54, 1.807) is 13.0 Å². The fourth-order valence-electron chi connectivity index (χ4n) is 2.30. The number of ether oxygens (including phenoxy) is 1. The Hall–Kier alpha value is -2.41. The first-order valence-electron chi connectivity index (χ1n) is 8.20. The van der Waals surface area contributed by atoms with Gasteiger partial charge < -0.3 is 15.0 Å². The average Bonchev–Trinajstić information content (AvgIpc) is 2.62. The van der Waals surface area contributed by atoms with Crippen LogP contribution in [0.15, 0.2) is 53.0 Å². The van der Waals surface area contributed by atoms with Crippen LogP contribution in [0.5, 0.6) is 0 Å². The van der Waals surface area contributed by atoms with Crippen LogP contribution in [-0.2, 0) is 16.1 Å². The van der Waals surface area contributed by atoms with E-state index in [4.69, 9.17) is 4.74 Å². The summed E-state index contributed by atoms with van der Waals surface area (Å²) in [5, 5.41) is 2.55. The Morgan fingerprint density at radius 2 is 1.92 bits per heavy atom. The zero-order valence-corrected chi connectivity index (χ0v) is 16.0. The molecule has 0 saturated carbocycles. The topological polar surface area (TPSA) is 58.6 Å². The lowest BCUT2D eigenvalue weighted by atomic mass is 10.2. The number of hydrogen-bond acceptors (Lipinski definition) is 3. The van der Waals surface area contributed by atoms with Gasteiger partial charge in [-0.2, -0.15) is 0 Å². The summed E-state index contributed by atoms with van der Waals surface area (Å²) in [6.45, 7) is 2.47. The molecule has 5 nitrogen and oxygen atoms in total. The molecule has 0 saturated heterocycles. The third-order valence-corrected chi connectivity index (χ3v) is 4.06. The van der Waals surface area contributed by atoms with Crippen molar-refractivity contribution in [2.24, 2.45) is 0 Å². The third kappa shape index (κ3) is 6.15. The van der Waals surface area contributed by atoms with Crippen molar-refractivity contribution in [3.05, 3.63) is 64.4 Å². The number of rotatable bonds is 7. The second kappa shape index (κ2) is 9.91. The fraction of sp³-hybridized carbons (Fsp3) is 0.263. The smallest absolute Gasteiger partial charge is 0.322 e. The predicted octanol–water partition coefficient (Wildman–Crippen LogP) is 4.58. The van der Waals surface area contributed by atoms with Gasteiger partial charge in [-0.3, -0.25) is 4.79 Å². The summed E-state index contributed by atoms with van der Waals surface area (Å²) in [6, 6.07) is 13.3. The van der Waals surface area contributed by atoms with Gasteiger partial charge in [-0.15, -0.1) is 0 Å². The zero-order valence-electron chi connectivity index (χ0n) is 14.4. The van der Waals surface area contributed by atoms with Gasteiger partial charge in [0, 0.05) is 17.6 Å². The number of carbonyl (C=O) groups excluding carboxylic acids is 2. The van der Waals surface area contributed by atoms with Crippen molar-refractivity contribution in [3.8, 4) is 0 Å². The Morgan fingerprint density at radius 3 is 2.58 bits per heavy atom. The molecular weight excluding hydrogens is 403 g/mol. The van der Waals surface area contributed by atoms with Crippen LogP contribution in [0.2, 0.25) is 0 Å². The van der Waals surface area contributed by atoms with Gasteiger partial charge in [-0.05, 0) is 30.7 Å². The number of carbonyl (C=O) groups is 2. The number of anilines is 1. The largest absolute Gasteiger partial charge is 0.466 e. The first-order chi connectivity index (χ1) is 12.5. The van der Waals surface area contributed by atoms with Crippen LogP contribution in [0.4, 0.5) is 14.9 Å². The number of nitrogens with one attached hydrogen (secondary N) is 1. The minimum absolute atomic E-state index is 0.0664. The SMILES string of the molecule is CCOC(=O)CCN(Cc1ccccc1)C(=O)Nc1ccc(Br)cc1F. The first kappa shape index (κ1) is 19.9. The van der Waals surface area contributed by atoms with E-state index in [1.807, 2.05) is 30.3 Å². The summed E-state index contributed by atoms with van der Waals surface area (Å²) in [5.41, 5.74) is 0.982. The van der Waals surface area contributed by atoms with E-state index in [9.17, 15) is 14.0 Å². The monoisotopic (exact) mass is 422 g/mol. The molecule has 0 aromatic heterocycles. The molecule has 0 atom stereocenters. The minimum Gasteiger partial charge on any atom is -0.466 e. The molecule has 138 valence electrons. The normalized spacial score (nSPS) is 10.3. The summed E-state index contributed by atoms with van der Waals surface area (Å²) in [4.78, 5) is 25.7. The van der Waals surface area contributed by atoms with E-state index in [-0.39, 0.29) is 31.2 Å². The van der Waals surface area contributed by atoms with Gasteiger partial charge in [0.1, 0.15) is 5.82 Å². The van der Waals surface area contributed by atoms with Gasteiger partial charge in [-0.1, -0.05) is 46.3 Å². The Bertz CT molecular complexity index is 756. The molecule has 0 unspecified atom stereocenters. The summed E-state index contributed by atoms with van der Waals surface area (Å²) in [6.07, 6.45) is 0.0664. The van der Waals surface area contributed by atoms with Crippen molar-refractivity contribution in [1.29, 1.82) is 0 Å². The van der Waals surface area contributed by atoms with Crippen molar-refractivity contribution < 1.29 is 18.7 Å². The Labute approximate surface area is 160 Å². The van der Waals surface area contributed by atoms with Gasteiger partial charge in [0.2, 0.25) is 0 Å². The van der Waals surface area contributed by atoms with Crippen molar-refractivity contribution in [1.82, 2.24) is 4.90 Å². The summed E-state index contributed by atoms with van der Waals surface area (Å²) < 4.78 is 19.5. The molecule has 1 N–H and O–H groups in total. The number of nitrogens with zero attached hydrogens (tertiary/aromatic N) is 1. The number of urea groups is 1. The van der Waals surface area contributed by atoms with Crippen molar-refractivity contribution in [3.63, 3.8) is 0 Å². The van der Waals surface area contributed by atoms with Gasteiger partial charge in [0.25, 0.3) is 0 Å². The minimum atomic E-state index is -0.544. The molecule has 2 rings (SSSR count). The zero-order chi connectivity index (χ0) is 18.9. The molecule has 7 heteroatoms. The average molecular weight is 423 g/mol. The molecule has 26 heavy (non-hydrogen) atoms. The maximum atomic E-state index is 14.0. The number of benzene rings is 2. The summed E-state index contributed by atoms with van der Waals surface area (Å²) >= 11 is 3.18. The lowest BCUT2D eigenvalue weighted by molar-refractivity contribution is -0.143. The maximum absolute atomic E-state index is 14.0. The molecule has 0 aliphatic rings. The molecule has 2 aromatic carbocycles. The van der Waals surface area contributed by atoms with Gasteiger partial charge >= 0.3 is 12.0 Å². The highest BCUT2D eigenvalue weighted by atomic mass is 79.9. The number of esters is 1. The van der Waals surface area contributed by atoms with Gasteiger partial charge in [-0.25, -0.2) is 9.18 Å². The Balaban J connectivity index is 2.10. The molecule has 0 bridgehead atoms. The van der Waals surface area contributed by atoms with Gasteiger partial charge in [0.15, 0.2) is 0 Å². The summed E-state index contributed by atoms with van der Waals surface area (Å²) in [5.74, 6) is -0.925. The van der Waals surface area contributed by atoms with Crippen molar-refractivity contribution >= 4 is 33.6 Å². The van der Waals surface area contributed by atoms with E-state index in [0.717, 1.165) is 5.56 Å². The predicted molar refractivity (Wildman–Crippen MR) is 101 cm³/mol. The van der Waals surface area contributed by atoms with Crippen LogP contribution in [0, 0.1) is 5.82 Å². The molecule has 0 radical (unpaired) electrons. The standard InChI is InChI=1S/C19H20BrFN2O3/c1-2-26-18(24)10-11-23(13-14-6-4-3-5-7-14)19(25)22-17-9-8-15(20)12-16(17)21/h3-9,12H,2,10-11,13H2,1H3,(H,22,25). The van der Waals surface area contributed by atoms with E-state index in [1.165, 1.54) is 17.0 Å². The van der Waals surface area contributed by atoms with Crippen LogP contribution < -0.4 is 5.32 Å². The van der Waals surface area contributed by atoms with E-state index in [2.05, 4.69) is 21.2 Å². The highest BCUT2D eigenvalue weighted by Crippen LogP contribution is 2.20. The van der Waals surface area contributed by atoms with E-state index < -0.39 is 11.8 Å². The Kier molecular flexibility index (Phi) is 7.59. The molecular formula is C19H20BrFN2O3. The molecule has 2 amide bonds. The number of amides is 2. The van der Waals surface area contributed by atoms with E-state index >= 15 is 0 Å². The number of hydrogen-bond donors (Lipinski definition) is 1. The van der Waals surface area contributed by atoms with Crippen LogP contribution in [-0.4, -0.2) is 30.1 Å². The molecule has 2 aromatic rings. The highest BCUT2D eigenvalue weighted by molar-refractivity contribution is 9.10. The van der Waals surface area contributed by atoms with Gasteiger partial charge in [0.05, 0.1) is 18.7 Å². The molecule has 0 fully saturated rings. The third-order valence-electron chi connectivity index (χ3n) is 3.57. The quantitative estimate of drug-likeness (QED) is 0.664. The molecule has 0 aliphatic heterocycles. The molecule has 0 aliphatic carbocycles. The van der Waals surface area contributed by atoms with Crippen LogP contribution >= 0.6 is 15.9 Å². The molecule has 0 spiro atoms. The lowest BCUT2D eigenvalue weighted by Gasteiger charge is -2.23. The Morgan fingerprint density at radius 1 is 1.19 bits per heavy atom. The number of halogens is 2. The van der Waals surface area contributed by atoms with Crippen molar-refractivity contribution in [2.75, 3.05) is 18.5 Å². The highest BCUT2D eigenvalue weighted by Gasteiger charge is 2.17. The second-order valence-electron chi connectivity index (χ2n) is 5.52. The van der Waals surface area contributed by atoms with E-state index in [0.29, 0.717) is 11.0 Å². The van der Waals surface area contributed by atoms with Crippen LogP contribution in [0.3, 0.4) is 0 Å². The first-order valence-corrected chi connectivity index (χ1v) is 8.99. The fourth-order valence-corrected chi connectivity index (χ4v) is 2.63. The summed E-state index contributed by atoms with van der Waals surface area (Å²) in [7, 11) is 0. The molecule has 0 heterocycles. The van der Waals surface area contributed by atoms with Crippen molar-refractivity contribution in [2.45, 2.75) is 19.9 Å².